The van der Waals surface area contributed by atoms with Gasteiger partial charge in [-0.15, -0.1) is 0 Å². The van der Waals surface area contributed by atoms with Crippen LogP contribution in [0.5, 0.6) is 0 Å². The summed E-state index contributed by atoms with van der Waals surface area (Å²) in [7, 11) is 0. The first-order valence-electron chi connectivity index (χ1n) is 9.38. The Morgan fingerprint density at radius 1 is 1.31 bits per heavy atom. The molecule has 1 saturated carbocycles. The number of carbonyl (C=O) groups excluding carboxylic acids is 2. The number of rotatable bonds is 4. The standard InChI is InChI=1S/C20H29N3O3/c1-12(2)10-15-17(20(15,4)5)19(25)23-8-6-14(7-9-23)21-18(24)16-11-13(3)22-26-16/h10-11,14-15,17H,6-9H2,1-5H3,(H,21,24)/t15-,17+/m0/s1. The number of carbonyl (C=O) groups is 2. The van der Waals surface area contributed by atoms with E-state index in [1.807, 2.05) is 4.90 Å². The van der Waals surface area contributed by atoms with Crippen LogP contribution in [0.1, 0.15) is 56.8 Å². The van der Waals surface area contributed by atoms with Crippen molar-refractivity contribution in [2.24, 2.45) is 17.3 Å². The second kappa shape index (κ2) is 6.89. The minimum Gasteiger partial charge on any atom is -0.351 e. The Hall–Kier alpha value is -2.11. The highest BCUT2D eigenvalue weighted by Crippen LogP contribution is 2.60. The average Bonchev–Trinajstić information content (AvgIpc) is 2.91. The zero-order valence-corrected chi connectivity index (χ0v) is 16.3. The lowest BCUT2D eigenvalue weighted by atomic mass is 10.0. The van der Waals surface area contributed by atoms with Crippen LogP contribution in [0.2, 0.25) is 0 Å². The van der Waals surface area contributed by atoms with Gasteiger partial charge in [-0.1, -0.05) is 30.7 Å². The zero-order valence-electron chi connectivity index (χ0n) is 16.3. The van der Waals surface area contributed by atoms with E-state index in [1.54, 1.807) is 13.0 Å². The van der Waals surface area contributed by atoms with Crippen molar-refractivity contribution in [3.8, 4) is 0 Å². The van der Waals surface area contributed by atoms with Crippen LogP contribution in [0.15, 0.2) is 22.2 Å². The van der Waals surface area contributed by atoms with E-state index in [9.17, 15) is 9.59 Å². The molecule has 2 aliphatic rings. The van der Waals surface area contributed by atoms with E-state index >= 15 is 0 Å². The number of hydrogen-bond donors (Lipinski definition) is 1. The number of piperidine rings is 1. The van der Waals surface area contributed by atoms with Crippen molar-refractivity contribution in [1.29, 1.82) is 0 Å². The first-order valence-corrected chi connectivity index (χ1v) is 9.38. The van der Waals surface area contributed by atoms with Gasteiger partial charge in [-0.2, -0.15) is 0 Å². The lowest BCUT2D eigenvalue weighted by molar-refractivity contribution is -0.134. The van der Waals surface area contributed by atoms with Crippen molar-refractivity contribution < 1.29 is 14.1 Å². The van der Waals surface area contributed by atoms with Crippen LogP contribution in [0.25, 0.3) is 0 Å². The van der Waals surface area contributed by atoms with E-state index in [2.05, 4.69) is 44.2 Å². The van der Waals surface area contributed by atoms with Crippen LogP contribution >= 0.6 is 0 Å². The highest BCUT2D eigenvalue weighted by Gasteiger charge is 2.61. The third-order valence-electron chi connectivity index (χ3n) is 5.68. The lowest BCUT2D eigenvalue weighted by Gasteiger charge is -2.32. The quantitative estimate of drug-likeness (QED) is 0.839. The van der Waals surface area contributed by atoms with Gasteiger partial charge in [-0.05, 0) is 44.9 Å². The van der Waals surface area contributed by atoms with Gasteiger partial charge >= 0.3 is 0 Å². The van der Waals surface area contributed by atoms with Crippen LogP contribution in [-0.4, -0.2) is 41.0 Å². The Labute approximate surface area is 155 Å². The van der Waals surface area contributed by atoms with E-state index in [1.165, 1.54) is 5.57 Å². The molecule has 6 heteroatoms. The normalized spacial score (nSPS) is 24.9. The second-order valence-corrected chi connectivity index (χ2v) is 8.47. The summed E-state index contributed by atoms with van der Waals surface area (Å²) in [6.07, 6.45) is 3.77. The van der Waals surface area contributed by atoms with Crippen molar-refractivity contribution >= 4 is 11.8 Å². The number of aryl methyl sites for hydroxylation is 1. The SMILES string of the molecule is CC(C)=C[C@H]1[C@H](C(=O)N2CCC(NC(=O)c3cc(C)no3)CC2)C1(C)C. The maximum absolute atomic E-state index is 12.9. The highest BCUT2D eigenvalue weighted by atomic mass is 16.5. The number of allylic oxidation sites excluding steroid dienone is 2. The third kappa shape index (κ3) is 3.69. The Morgan fingerprint density at radius 2 is 1.96 bits per heavy atom. The molecule has 1 aliphatic carbocycles. The van der Waals surface area contributed by atoms with Crippen LogP contribution in [0.4, 0.5) is 0 Å². The Bertz CT molecular complexity index is 722. The lowest BCUT2D eigenvalue weighted by Crippen LogP contribution is -2.47. The minimum absolute atomic E-state index is 0.0452. The molecule has 2 fully saturated rings. The zero-order chi connectivity index (χ0) is 19.1. The van der Waals surface area contributed by atoms with E-state index in [0.29, 0.717) is 24.7 Å². The first-order chi connectivity index (χ1) is 12.2. The molecule has 0 radical (unpaired) electrons. The summed E-state index contributed by atoms with van der Waals surface area (Å²) in [6.45, 7) is 11.7. The van der Waals surface area contributed by atoms with Gasteiger partial charge < -0.3 is 14.7 Å². The molecule has 2 atom stereocenters. The molecular formula is C20H29N3O3. The highest BCUT2D eigenvalue weighted by molar-refractivity contribution is 5.91. The van der Waals surface area contributed by atoms with Gasteiger partial charge in [0.05, 0.1) is 11.6 Å². The molecule has 2 heterocycles. The van der Waals surface area contributed by atoms with Crippen LogP contribution < -0.4 is 5.32 Å². The molecule has 142 valence electrons. The number of amides is 2. The van der Waals surface area contributed by atoms with Crippen molar-refractivity contribution in [2.45, 2.75) is 53.5 Å². The van der Waals surface area contributed by atoms with Gasteiger partial charge in [0.2, 0.25) is 11.7 Å². The number of hydrogen-bond acceptors (Lipinski definition) is 4. The molecular weight excluding hydrogens is 330 g/mol. The summed E-state index contributed by atoms with van der Waals surface area (Å²) in [4.78, 5) is 27.0. The predicted molar refractivity (Wildman–Crippen MR) is 98.5 cm³/mol. The summed E-state index contributed by atoms with van der Waals surface area (Å²) in [5.41, 5.74) is 2.00. The predicted octanol–water partition coefficient (Wildman–Crippen LogP) is 2.94. The molecule has 1 saturated heterocycles. The molecule has 2 amide bonds. The van der Waals surface area contributed by atoms with Gasteiger partial charge in [0, 0.05) is 25.2 Å². The van der Waals surface area contributed by atoms with Crippen LogP contribution in [0, 0.1) is 24.2 Å². The van der Waals surface area contributed by atoms with Gasteiger partial charge in [0.1, 0.15) is 0 Å². The number of nitrogens with one attached hydrogen (secondary N) is 1. The van der Waals surface area contributed by atoms with Gasteiger partial charge in [0.25, 0.3) is 5.91 Å². The smallest absolute Gasteiger partial charge is 0.290 e. The molecule has 1 aliphatic heterocycles. The largest absolute Gasteiger partial charge is 0.351 e. The Morgan fingerprint density at radius 3 is 2.50 bits per heavy atom. The molecule has 0 spiro atoms. The average molecular weight is 359 g/mol. The van der Waals surface area contributed by atoms with E-state index in [0.717, 1.165) is 12.8 Å². The summed E-state index contributed by atoms with van der Waals surface area (Å²) in [6, 6.07) is 1.70. The Balaban J connectivity index is 1.52. The van der Waals surface area contributed by atoms with Gasteiger partial charge in [-0.3, -0.25) is 9.59 Å². The summed E-state index contributed by atoms with van der Waals surface area (Å²) >= 11 is 0. The third-order valence-corrected chi connectivity index (χ3v) is 5.68. The van der Waals surface area contributed by atoms with Crippen molar-refractivity contribution in [2.75, 3.05) is 13.1 Å². The molecule has 1 N–H and O–H groups in total. The summed E-state index contributed by atoms with van der Waals surface area (Å²) in [5.74, 6) is 0.689. The monoisotopic (exact) mass is 359 g/mol. The van der Waals surface area contributed by atoms with E-state index < -0.39 is 0 Å². The van der Waals surface area contributed by atoms with Crippen LogP contribution in [-0.2, 0) is 4.79 Å². The topological polar surface area (TPSA) is 75.4 Å². The second-order valence-electron chi connectivity index (χ2n) is 8.47. The fraction of sp³-hybridized carbons (Fsp3) is 0.650. The maximum atomic E-state index is 12.9. The van der Waals surface area contributed by atoms with Crippen molar-refractivity contribution in [3.05, 3.63) is 29.2 Å². The van der Waals surface area contributed by atoms with E-state index in [4.69, 9.17) is 4.52 Å². The molecule has 0 unspecified atom stereocenters. The molecule has 6 nitrogen and oxygen atoms in total. The molecule has 1 aromatic rings. The molecule has 3 rings (SSSR count). The first kappa shape index (κ1) is 18.7. The summed E-state index contributed by atoms with van der Waals surface area (Å²) in [5, 5.41) is 6.72. The number of likely N-dealkylation sites (tertiary alicyclic amines) is 1. The Kier molecular flexibility index (Phi) is 4.95. The fourth-order valence-electron chi connectivity index (χ4n) is 3.99. The van der Waals surface area contributed by atoms with Gasteiger partial charge in [-0.25, -0.2) is 0 Å². The fourth-order valence-corrected chi connectivity index (χ4v) is 3.99. The molecule has 0 aromatic carbocycles. The minimum atomic E-state index is -0.234. The van der Waals surface area contributed by atoms with Crippen LogP contribution in [0.3, 0.4) is 0 Å². The van der Waals surface area contributed by atoms with Crippen molar-refractivity contribution in [3.63, 3.8) is 0 Å². The van der Waals surface area contributed by atoms with Crippen molar-refractivity contribution in [1.82, 2.24) is 15.4 Å². The van der Waals surface area contributed by atoms with E-state index in [-0.39, 0.29) is 34.9 Å². The molecule has 26 heavy (non-hydrogen) atoms. The summed E-state index contributed by atoms with van der Waals surface area (Å²) < 4.78 is 5.00. The number of nitrogens with zero attached hydrogens (tertiary/aromatic N) is 2. The maximum Gasteiger partial charge on any atom is 0.290 e. The molecule has 1 aromatic heterocycles. The van der Waals surface area contributed by atoms with Gasteiger partial charge in [0.15, 0.2) is 0 Å². The number of aromatic nitrogens is 1. The molecule has 0 bridgehead atoms.